The van der Waals surface area contributed by atoms with E-state index in [9.17, 15) is 19.2 Å². The van der Waals surface area contributed by atoms with Crippen molar-refractivity contribution < 1.29 is 28.7 Å². The predicted octanol–water partition coefficient (Wildman–Crippen LogP) is 6.13. The van der Waals surface area contributed by atoms with Gasteiger partial charge in [0.15, 0.2) is 6.10 Å². The lowest BCUT2D eigenvalue weighted by Crippen LogP contribution is -2.52. The van der Waals surface area contributed by atoms with Crippen LogP contribution in [0.15, 0.2) is 36.4 Å². The molecule has 2 aromatic rings. The SMILES string of the molecule is CC(=O)Oc1c(C)cc(C[C@@H](OC(=O)N2CCC(N3CCc4ccccc4NC3=O)CC2)C(=O)N2CCC(C3CCN(I)CC3)CC2)cc1C. The number of urea groups is 1. The maximum absolute atomic E-state index is 14.2. The Bertz CT molecular complexity index is 1540. The van der Waals surface area contributed by atoms with Gasteiger partial charge < -0.3 is 29.5 Å². The van der Waals surface area contributed by atoms with Crippen LogP contribution < -0.4 is 10.1 Å². The van der Waals surface area contributed by atoms with Crippen LogP contribution in [0.3, 0.4) is 0 Å². The van der Waals surface area contributed by atoms with Crippen molar-refractivity contribution in [1.29, 1.82) is 0 Å². The highest BCUT2D eigenvalue weighted by Gasteiger charge is 2.37. The van der Waals surface area contributed by atoms with Gasteiger partial charge in [-0.25, -0.2) is 12.7 Å². The van der Waals surface area contributed by atoms with Gasteiger partial charge in [-0.1, -0.05) is 30.3 Å². The van der Waals surface area contributed by atoms with Crippen LogP contribution in [0.25, 0.3) is 0 Å². The van der Waals surface area contributed by atoms with E-state index in [4.69, 9.17) is 9.47 Å². The molecule has 1 N–H and O–H groups in total. The summed E-state index contributed by atoms with van der Waals surface area (Å²) < 4.78 is 13.9. The first-order valence-corrected chi connectivity index (χ1v) is 19.1. The molecule has 0 spiro atoms. The third-order valence-corrected chi connectivity index (χ3v) is 12.0. The second-order valence-corrected chi connectivity index (χ2v) is 15.8. The standard InChI is InChI=1S/C38H50IN5O6/c1-25-22-28(23-26(2)35(25)49-27(3)45)24-34(36(46)41-15-8-29(9-16-41)30-10-19-43(39)20-11-30)50-38(48)42-17-13-32(14-18-42)44-21-12-31-6-4-5-7-33(31)40-37(44)47/h4-7,22-23,29-30,32,34H,8-21,24H2,1-3H3,(H,40,47)/t34-/m1/s1. The highest BCUT2D eigenvalue weighted by Crippen LogP contribution is 2.34. The molecule has 4 amide bonds. The summed E-state index contributed by atoms with van der Waals surface area (Å²) in [7, 11) is 0. The van der Waals surface area contributed by atoms with E-state index in [1.807, 2.05) is 60.0 Å². The Morgan fingerprint density at radius 1 is 0.860 bits per heavy atom. The van der Waals surface area contributed by atoms with Gasteiger partial charge >= 0.3 is 18.1 Å². The normalized spacial score (nSPS) is 20.5. The fourth-order valence-corrected chi connectivity index (χ4v) is 8.84. The Morgan fingerprint density at radius 2 is 1.46 bits per heavy atom. The summed E-state index contributed by atoms with van der Waals surface area (Å²) >= 11 is 2.41. The third kappa shape index (κ3) is 8.72. The molecule has 1 atom stereocenters. The monoisotopic (exact) mass is 799 g/mol. The Hall–Kier alpha value is -3.39. The number of hydrogen-bond acceptors (Lipinski definition) is 7. The van der Waals surface area contributed by atoms with E-state index in [0.717, 1.165) is 60.3 Å². The number of nitrogens with one attached hydrogen (secondary N) is 1. The molecule has 270 valence electrons. The maximum Gasteiger partial charge on any atom is 0.410 e. The average molecular weight is 800 g/mol. The van der Waals surface area contributed by atoms with Gasteiger partial charge in [0.05, 0.1) is 0 Å². The molecule has 0 unspecified atom stereocenters. The number of carbonyl (C=O) groups excluding carboxylic acids is 4. The second kappa shape index (κ2) is 16.3. The summed E-state index contributed by atoms with van der Waals surface area (Å²) in [6.45, 7) is 10.2. The lowest BCUT2D eigenvalue weighted by Gasteiger charge is -2.40. The number of anilines is 1. The molecular formula is C38H50IN5O6. The van der Waals surface area contributed by atoms with Crippen LogP contribution in [0.4, 0.5) is 15.3 Å². The molecule has 3 fully saturated rings. The van der Waals surface area contributed by atoms with Gasteiger partial charge in [-0.2, -0.15) is 0 Å². The topological polar surface area (TPSA) is 112 Å². The van der Waals surface area contributed by atoms with Crippen molar-refractivity contribution in [1.82, 2.24) is 17.8 Å². The summed E-state index contributed by atoms with van der Waals surface area (Å²) in [5.74, 6) is 1.29. The maximum atomic E-state index is 14.2. The fourth-order valence-electron chi connectivity index (χ4n) is 8.28. The number of esters is 1. The Balaban J connectivity index is 1.10. The van der Waals surface area contributed by atoms with E-state index in [1.165, 1.54) is 19.8 Å². The summed E-state index contributed by atoms with van der Waals surface area (Å²) in [5.41, 5.74) is 4.39. The largest absolute Gasteiger partial charge is 0.436 e. The zero-order valence-electron chi connectivity index (χ0n) is 29.5. The van der Waals surface area contributed by atoms with Crippen LogP contribution in [0.2, 0.25) is 0 Å². The predicted molar refractivity (Wildman–Crippen MR) is 199 cm³/mol. The van der Waals surface area contributed by atoms with E-state index >= 15 is 0 Å². The lowest BCUT2D eigenvalue weighted by molar-refractivity contribution is -0.142. The number of fused-ring (bicyclic) bond motifs is 1. The molecule has 4 aliphatic heterocycles. The summed E-state index contributed by atoms with van der Waals surface area (Å²) in [4.78, 5) is 58.1. The van der Waals surface area contributed by atoms with Crippen LogP contribution in [-0.4, -0.2) is 99.8 Å². The quantitative estimate of drug-likeness (QED) is 0.155. The van der Waals surface area contributed by atoms with E-state index in [2.05, 4.69) is 31.3 Å². The first-order valence-electron chi connectivity index (χ1n) is 18.1. The minimum absolute atomic E-state index is 0.0119. The van der Waals surface area contributed by atoms with Gasteiger partial charge in [-0.3, -0.25) is 9.59 Å². The Kier molecular flexibility index (Phi) is 11.9. The van der Waals surface area contributed by atoms with E-state index in [-0.39, 0.29) is 30.4 Å². The number of piperidine rings is 3. The van der Waals surface area contributed by atoms with Crippen LogP contribution in [0, 0.1) is 25.7 Å². The van der Waals surface area contributed by atoms with Crippen molar-refractivity contribution in [2.45, 2.75) is 84.3 Å². The van der Waals surface area contributed by atoms with Crippen molar-refractivity contribution in [3.63, 3.8) is 0 Å². The molecule has 4 aliphatic rings. The van der Waals surface area contributed by atoms with Crippen LogP contribution in [-0.2, 0) is 27.2 Å². The number of amides is 4. The zero-order chi connectivity index (χ0) is 35.4. The lowest BCUT2D eigenvalue weighted by atomic mass is 9.79. The molecule has 3 saturated heterocycles. The number of para-hydroxylation sites is 1. The number of carbonyl (C=O) groups is 4. The minimum Gasteiger partial charge on any atom is -0.436 e. The molecule has 0 saturated carbocycles. The zero-order valence-corrected chi connectivity index (χ0v) is 31.7. The molecule has 6 rings (SSSR count). The molecule has 0 aromatic heterocycles. The molecule has 0 aliphatic carbocycles. The van der Waals surface area contributed by atoms with Crippen molar-refractivity contribution in [3.8, 4) is 5.75 Å². The number of nitrogens with zero attached hydrogens (tertiary/aromatic N) is 4. The van der Waals surface area contributed by atoms with Crippen LogP contribution >= 0.6 is 22.9 Å². The Labute approximate surface area is 309 Å². The molecule has 0 bridgehead atoms. The highest BCUT2D eigenvalue weighted by molar-refractivity contribution is 14.1. The summed E-state index contributed by atoms with van der Waals surface area (Å²) in [6.07, 6.45) is 5.14. The number of likely N-dealkylation sites (tertiary alicyclic amines) is 2. The van der Waals surface area contributed by atoms with E-state index < -0.39 is 12.2 Å². The summed E-state index contributed by atoms with van der Waals surface area (Å²) in [6, 6.07) is 11.6. The number of hydrogen-bond donors (Lipinski definition) is 1. The van der Waals surface area contributed by atoms with Crippen molar-refractivity contribution in [2.75, 3.05) is 51.1 Å². The second-order valence-electron chi connectivity index (χ2n) is 14.4. The molecule has 50 heavy (non-hydrogen) atoms. The summed E-state index contributed by atoms with van der Waals surface area (Å²) in [5, 5.41) is 3.05. The van der Waals surface area contributed by atoms with Gasteiger partial charge in [0, 0.05) is 93.8 Å². The molecule has 11 nitrogen and oxygen atoms in total. The number of halogens is 1. The highest BCUT2D eigenvalue weighted by atomic mass is 127. The van der Waals surface area contributed by atoms with E-state index in [0.29, 0.717) is 63.2 Å². The molecule has 0 radical (unpaired) electrons. The van der Waals surface area contributed by atoms with Crippen LogP contribution in [0.1, 0.15) is 67.7 Å². The number of aryl methyl sites for hydroxylation is 2. The molecule has 2 aromatic carbocycles. The molecule has 12 heteroatoms. The minimum atomic E-state index is -0.979. The van der Waals surface area contributed by atoms with Crippen LogP contribution in [0.5, 0.6) is 5.75 Å². The number of rotatable bonds is 7. The van der Waals surface area contributed by atoms with Crippen molar-refractivity contribution in [3.05, 3.63) is 58.7 Å². The Morgan fingerprint density at radius 3 is 2.10 bits per heavy atom. The number of benzene rings is 2. The first kappa shape index (κ1) is 36.4. The van der Waals surface area contributed by atoms with Gasteiger partial charge in [0.1, 0.15) is 5.75 Å². The third-order valence-electron chi connectivity index (χ3n) is 11.0. The fraction of sp³-hybridized carbons (Fsp3) is 0.579. The van der Waals surface area contributed by atoms with Gasteiger partial charge in [-0.05, 0) is 98.9 Å². The smallest absolute Gasteiger partial charge is 0.410 e. The van der Waals surface area contributed by atoms with Gasteiger partial charge in [0.2, 0.25) is 0 Å². The van der Waals surface area contributed by atoms with E-state index in [1.54, 1.807) is 4.90 Å². The number of ether oxygens (including phenoxy) is 2. The van der Waals surface area contributed by atoms with Gasteiger partial charge in [0.25, 0.3) is 5.91 Å². The average Bonchev–Trinajstić information content (AvgIpc) is 3.27. The van der Waals surface area contributed by atoms with Crippen molar-refractivity contribution in [2.24, 2.45) is 11.8 Å². The molecular weight excluding hydrogens is 749 g/mol. The van der Waals surface area contributed by atoms with Crippen molar-refractivity contribution >= 4 is 52.6 Å². The first-order chi connectivity index (χ1) is 24.0. The van der Waals surface area contributed by atoms with Gasteiger partial charge in [-0.15, -0.1) is 0 Å². The molecule has 4 heterocycles.